The minimum Gasteiger partial charge on any atom is -0.497 e. The molecule has 3 rings (SSSR count). The van der Waals surface area contributed by atoms with Gasteiger partial charge in [-0.15, -0.1) is 5.10 Å². The lowest BCUT2D eigenvalue weighted by Gasteiger charge is -2.31. The first-order chi connectivity index (χ1) is 12.7. The standard InChI is InChI=1S/C19H24N4O3/c1-25-16-6-4-15(5-7-16)8-12-20-19(24)23-13-9-17(10-14-23)26-18-3-2-11-21-22-18/h2-7,11,17H,8-10,12-14H2,1H3,(H,20,24). The summed E-state index contributed by atoms with van der Waals surface area (Å²) in [6.45, 7) is 1.97. The van der Waals surface area contributed by atoms with Crippen molar-refractivity contribution < 1.29 is 14.3 Å². The number of carbonyl (C=O) groups excluding carboxylic acids is 1. The number of urea groups is 1. The number of hydrogen-bond acceptors (Lipinski definition) is 5. The Morgan fingerprint density at radius 2 is 2.00 bits per heavy atom. The Bertz CT molecular complexity index is 686. The van der Waals surface area contributed by atoms with Crippen LogP contribution >= 0.6 is 0 Å². The summed E-state index contributed by atoms with van der Waals surface area (Å²) in [5.74, 6) is 1.37. The Hall–Kier alpha value is -2.83. The van der Waals surface area contributed by atoms with Crippen LogP contribution in [0.1, 0.15) is 18.4 Å². The predicted octanol–water partition coefficient (Wildman–Crippen LogP) is 2.28. The summed E-state index contributed by atoms with van der Waals surface area (Å²) in [7, 11) is 1.65. The molecule has 1 N–H and O–H groups in total. The predicted molar refractivity (Wildman–Crippen MR) is 97.4 cm³/mol. The van der Waals surface area contributed by atoms with Crippen molar-refractivity contribution in [3.8, 4) is 11.6 Å². The van der Waals surface area contributed by atoms with E-state index in [9.17, 15) is 4.79 Å². The van der Waals surface area contributed by atoms with Crippen LogP contribution in [-0.4, -0.2) is 54.0 Å². The highest BCUT2D eigenvalue weighted by molar-refractivity contribution is 5.74. The van der Waals surface area contributed by atoms with Crippen molar-refractivity contribution in [2.24, 2.45) is 0 Å². The molecule has 1 aliphatic rings. The third kappa shape index (κ3) is 5.08. The van der Waals surface area contributed by atoms with Crippen molar-refractivity contribution >= 4 is 6.03 Å². The van der Waals surface area contributed by atoms with Gasteiger partial charge < -0.3 is 19.7 Å². The fourth-order valence-electron chi connectivity index (χ4n) is 2.92. The van der Waals surface area contributed by atoms with E-state index in [4.69, 9.17) is 9.47 Å². The van der Waals surface area contributed by atoms with Gasteiger partial charge in [-0.25, -0.2) is 4.79 Å². The van der Waals surface area contributed by atoms with E-state index < -0.39 is 0 Å². The third-order valence-electron chi connectivity index (χ3n) is 4.41. The number of likely N-dealkylation sites (tertiary alicyclic amines) is 1. The Labute approximate surface area is 153 Å². The van der Waals surface area contributed by atoms with E-state index >= 15 is 0 Å². The van der Waals surface area contributed by atoms with Crippen LogP contribution < -0.4 is 14.8 Å². The van der Waals surface area contributed by atoms with E-state index in [1.165, 1.54) is 5.56 Å². The zero-order valence-corrected chi connectivity index (χ0v) is 14.9. The van der Waals surface area contributed by atoms with Crippen molar-refractivity contribution in [3.63, 3.8) is 0 Å². The molecule has 0 unspecified atom stereocenters. The number of benzene rings is 1. The summed E-state index contributed by atoms with van der Waals surface area (Å²) in [5, 5.41) is 10.7. The van der Waals surface area contributed by atoms with Crippen molar-refractivity contribution in [3.05, 3.63) is 48.2 Å². The topological polar surface area (TPSA) is 76.6 Å². The SMILES string of the molecule is COc1ccc(CCNC(=O)N2CCC(Oc3cccnn3)CC2)cc1. The molecule has 1 saturated heterocycles. The Morgan fingerprint density at radius 3 is 2.65 bits per heavy atom. The van der Waals surface area contributed by atoms with Gasteiger partial charge in [0, 0.05) is 44.7 Å². The molecule has 0 atom stereocenters. The summed E-state index contributed by atoms with van der Waals surface area (Å²) in [4.78, 5) is 14.1. The maximum atomic E-state index is 12.3. The summed E-state index contributed by atoms with van der Waals surface area (Å²) < 4.78 is 10.9. The summed E-state index contributed by atoms with van der Waals surface area (Å²) in [6.07, 6.45) is 4.08. The number of piperidine rings is 1. The highest BCUT2D eigenvalue weighted by atomic mass is 16.5. The van der Waals surface area contributed by atoms with Crippen molar-refractivity contribution in [2.45, 2.75) is 25.4 Å². The minimum absolute atomic E-state index is 0.0172. The molecule has 2 heterocycles. The van der Waals surface area contributed by atoms with Crippen molar-refractivity contribution in [1.29, 1.82) is 0 Å². The lowest BCUT2D eigenvalue weighted by molar-refractivity contribution is 0.106. The van der Waals surface area contributed by atoms with Gasteiger partial charge in [-0.1, -0.05) is 12.1 Å². The van der Waals surface area contributed by atoms with Crippen LogP contribution in [0.5, 0.6) is 11.6 Å². The van der Waals surface area contributed by atoms with Gasteiger partial charge in [-0.3, -0.25) is 0 Å². The van der Waals surface area contributed by atoms with Gasteiger partial charge in [-0.05, 0) is 30.2 Å². The second-order valence-corrected chi connectivity index (χ2v) is 6.20. The largest absolute Gasteiger partial charge is 0.497 e. The molecule has 0 saturated carbocycles. The molecule has 138 valence electrons. The van der Waals surface area contributed by atoms with Gasteiger partial charge in [0.2, 0.25) is 5.88 Å². The van der Waals surface area contributed by atoms with Gasteiger partial charge >= 0.3 is 6.03 Å². The monoisotopic (exact) mass is 356 g/mol. The second kappa shape index (κ2) is 9.03. The second-order valence-electron chi connectivity index (χ2n) is 6.20. The molecular weight excluding hydrogens is 332 g/mol. The molecule has 0 spiro atoms. The molecule has 1 aromatic carbocycles. The van der Waals surface area contributed by atoms with E-state index in [1.807, 2.05) is 29.2 Å². The minimum atomic E-state index is -0.0172. The first-order valence-corrected chi connectivity index (χ1v) is 8.84. The molecule has 0 radical (unpaired) electrons. The molecule has 7 heteroatoms. The van der Waals surface area contributed by atoms with Crippen LogP contribution in [0.25, 0.3) is 0 Å². The van der Waals surface area contributed by atoms with Crippen LogP contribution in [0.3, 0.4) is 0 Å². The molecule has 1 aromatic heterocycles. The normalized spacial score (nSPS) is 14.7. The summed E-state index contributed by atoms with van der Waals surface area (Å²) in [5.41, 5.74) is 1.17. The Kier molecular flexibility index (Phi) is 6.24. The number of aromatic nitrogens is 2. The van der Waals surface area contributed by atoms with Gasteiger partial charge in [0.1, 0.15) is 11.9 Å². The number of nitrogens with zero attached hydrogens (tertiary/aromatic N) is 3. The van der Waals surface area contributed by atoms with E-state index in [0.29, 0.717) is 25.5 Å². The molecule has 0 aliphatic carbocycles. The average Bonchev–Trinajstić information content (AvgIpc) is 2.70. The Morgan fingerprint density at radius 1 is 1.23 bits per heavy atom. The maximum Gasteiger partial charge on any atom is 0.317 e. The van der Waals surface area contributed by atoms with E-state index in [1.54, 1.807) is 25.4 Å². The number of ether oxygens (including phenoxy) is 2. The van der Waals surface area contributed by atoms with Crippen LogP contribution in [0, 0.1) is 0 Å². The zero-order valence-electron chi connectivity index (χ0n) is 14.9. The zero-order chi connectivity index (χ0) is 18.2. The molecular formula is C19H24N4O3. The van der Waals surface area contributed by atoms with Crippen LogP contribution in [0.2, 0.25) is 0 Å². The van der Waals surface area contributed by atoms with Gasteiger partial charge in [-0.2, -0.15) is 5.10 Å². The first-order valence-electron chi connectivity index (χ1n) is 8.84. The fraction of sp³-hybridized carbons (Fsp3) is 0.421. The average molecular weight is 356 g/mol. The van der Waals surface area contributed by atoms with Gasteiger partial charge in [0.05, 0.1) is 7.11 Å². The first kappa shape index (κ1) is 18.0. The van der Waals surface area contributed by atoms with Crippen LogP contribution in [-0.2, 0) is 6.42 Å². The molecule has 2 amide bonds. The smallest absolute Gasteiger partial charge is 0.317 e. The van der Waals surface area contributed by atoms with E-state index in [2.05, 4.69) is 15.5 Å². The number of rotatable bonds is 6. The van der Waals surface area contributed by atoms with Crippen molar-refractivity contribution in [1.82, 2.24) is 20.4 Å². The van der Waals surface area contributed by atoms with Crippen LogP contribution in [0.15, 0.2) is 42.6 Å². The molecule has 1 fully saturated rings. The number of amides is 2. The number of nitrogens with one attached hydrogen (secondary N) is 1. The Balaban J connectivity index is 1.36. The molecule has 26 heavy (non-hydrogen) atoms. The fourth-order valence-corrected chi connectivity index (χ4v) is 2.92. The molecule has 1 aliphatic heterocycles. The highest BCUT2D eigenvalue weighted by Crippen LogP contribution is 2.16. The quantitative estimate of drug-likeness (QED) is 0.859. The van der Waals surface area contributed by atoms with Crippen molar-refractivity contribution in [2.75, 3.05) is 26.7 Å². The lowest BCUT2D eigenvalue weighted by atomic mass is 10.1. The third-order valence-corrected chi connectivity index (χ3v) is 4.41. The molecule has 0 bridgehead atoms. The van der Waals surface area contributed by atoms with E-state index in [0.717, 1.165) is 25.0 Å². The summed E-state index contributed by atoms with van der Waals surface area (Å²) >= 11 is 0. The van der Waals surface area contributed by atoms with Crippen LogP contribution in [0.4, 0.5) is 4.79 Å². The van der Waals surface area contributed by atoms with Gasteiger partial charge in [0.25, 0.3) is 0 Å². The number of methoxy groups -OCH3 is 1. The number of carbonyl (C=O) groups is 1. The summed E-state index contributed by atoms with van der Waals surface area (Å²) in [6, 6.07) is 11.5. The highest BCUT2D eigenvalue weighted by Gasteiger charge is 2.24. The lowest BCUT2D eigenvalue weighted by Crippen LogP contribution is -2.46. The molecule has 2 aromatic rings. The molecule has 7 nitrogen and oxygen atoms in total. The number of hydrogen-bond donors (Lipinski definition) is 1. The van der Waals surface area contributed by atoms with E-state index in [-0.39, 0.29) is 12.1 Å². The maximum absolute atomic E-state index is 12.3. The van der Waals surface area contributed by atoms with Gasteiger partial charge in [0.15, 0.2) is 0 Å².